The zero-order valence-electron chi connectivity index (χ0n) is 7.68. The number of nitriles is 2. The Morgan fingerprint density at radius 3 is 1.57 bits per heavy atom. The first-order valence-electron chi connectivity index (χ1n) is 4.23. The molecule has 0 radical (unpaired) electrons. The van der Waals surface area contributed by atoms with Crippen molar-refractivity contribution in [2.24, 2.45) is 17.8 Å². The molecule has 1 fully saturated rings. The van der Waals surface area contributed by atoms with Crippen LogP contribution in [0.4, 0.5) is 0 Å². The van der Waals surface area contributed by atoms with E-state index in [4.69, 9.17) is 23.7 Å². The zero-order chi connectivity index (χ0) is 10.7. The lowest BCUT2D eigenvalue weighted by atomic mass is 9.92. The highest BCUT2D eigenvalue weighted by Gasteiger charge is 2.58. The van der Waals surface area contributed by atoms with E-state index in [9.17, 15) is 0 Å². The minimum atomic E-state index is -0.628. The molecule has 1 saturated carbocycles. The first-order valence-corrected chi connectivity index (χ1v) is 4.23. The van der Waals surface area contributed by atoms with Crippen LogP contribution in [0.15, 0.2) is 0 Å². The molecule has 4 heteroatoms. The highest BCUT2D eigenvalue weighted by molar-refractivity contribution is 5.22. The van der Waals surface area contributed by atoms with E-state index in [1.165, 1.54) is 0 Å². The molecule has 0 amide bonds. The van der Waals surface area contributed by atoms with Crippen molar-refractivity contribution in [3.63, 3.8) is 0 Å². The summed E-state index contributed by atoms with van der Waals surface area (Å²) in [6, 6.07) is 2.81. The predicted octanol–water partition coefficient (Wildman–Crippen LogP) is 1.49. The summed E-state index contributed by atoms with van der Waals surface area (Å²) in [5.41, 5.74) is 0. The van der Waals surface area contributed by atoms with Crippen LogP contribution in [0.1, 0.15) is 6.92 Å². The van der Waals surface area contributed by atoms with Gasteiger partial charge in [0.25, 0.3) is 0 Å². The third-order valence-electron chi connectivity index (χ3n) is 2.81. The Hall–Kier alpha value is -2.04. The molecular weight excluding hydrogens is 176 g/mol. The van der Waals surface area contributed by atoms with E-state index in [-0.39, 0.29) is 5.92 Å². The number of rotatable bonds is 0. The molecule has 0 aromatic carbocycles. The second-order valence-corrected chi connectivity index (χ2v) is 3.41. The SMILES string of the molecule is [C-]#[N+]C1C(C#N)C(C)C(C#N)C1[N+]#[C-]. The summed E-state index contributed by atoms with van der Waals surface area (Å²) < 4.78 is 0. The van der Waals surface area contributed by atoms with E-state index in [1.54, 1.807) is 6.92 Å². The minimum Gasteiger partial charge on any atom is -0.303 e. The summed E-state index contributed by atoms with van der Waals surface area (Å²) in [4.78, 5) is 6.61. The molecule has 0 aromatic rings. The van der Waals surface area contributed by atoms with Crippen LogP contribution in [0.2, 0.25) is 0 Å². The molecule has 4 nitrogen and oxygen atoms in total. The maximum absolute atomic E-state index is 8.86. The Bertz CT molecular complexity index is 348. The fourth-order valence-corrected chi connectivity index (χ4v) is 1.97. The van der Waals surface area contributed by atoms with Crippen molar-refractivity contribution in [3.05, 3.63) is 22.8 Å². The lowest BCUT2D eigenvalue weighted by Gasteiger charge is -2.04. The van der Waals surface area contributed by atoms with E-state index in [0.29, 0.717) is 0 Å². The van der Waals surface area contributed by atoms with Gasteiger partial charge in [-0.05, 0) is 0 Å². The normalized spacial score (nSPS) is 40.2. The van der Waals surface area contributed by atoms with Gasteiger partial charge in [-0.15, -0.1) is 0 Å². The summed E-state index contributed by atoms with van der Waals surface area (Å²) in [7, 11) is 0. The quantitative estimate of drug-likeness (QED) is 0.535. The second-order valence-electron chi connectivity index (χ2n) is 3.41. The molecule has 0 bridgehead atoms. The number of hydrogen-bond donors (Lipinski definition) is 0. The van der Waals surface area contributed by atoms with E-state index in [1.807, 2.05) is 12.1 Å². The van der Waals surface area contributed by atoms with Crippen molar-refractivity contribution < 1.29 is 0 Å². The van der Waals surface area contributed by atoms with Crippen molar-refractivity contribution in [2.45, 2.75) is 19.0 Å². The molecule has 14 heavy (non-hydrogen) atoms. The summed E-state index contributed by atoms with van der Waals surface area (Å²) in [6.07, 6.45) is 0. The van der Waals surface area contributed by atoms with Crippen LogP contribution < -0.4 is 0 Å². The maximum atomic E-state index is 8.86. The molecule has 0 N–H and O–H groups in total. The fourth-order valence-electron chi connectivity index (χ4n) is 1.97. The molecule has 1 rings (SSSR count). The largest absolute Gasteiger partial charge is 0.313 e. The van der Waals surface area contributed by atoms with Crippen LogP contribution in [0.3, 0.4) is 0 Å². The zero-order valence-corrected chi connectivity index (χ0v) is 7.68. The molecule has 4 unspecified atom stereocenters. The monoisotopic (exact) mass is 184 g/mol. The highest BCUT2D eigenvalue weighted by Crippen LogP contribution is 2.40. The van der Waals surface area contributed by atoms with E-state index >= 15 is 0 Å². The van der Waals surface area contributed by atoms with Crippen LogP contribution in [-0.4, -0.2) is 12.1 Å². The predicted molar refractivity (Wildman–Crippen MR) is 48.2 cm³/mol. The van der Waals surface area contributed by atoms with E-state index in [2.05, 4.69) is 9.69 Å². The summed E-state index contributed by atoms with van der Waals surface area (Å²) in [5, 5.41) is 17.7. The van der Waals surface area contributed by atoms with E-state index < -0.39 is 23.9 Å². The van der Waals surface area contributed by atoms with Crippen molar-refractivity contribution in [1.82, 2.24) is 0 Å². The van der Waals surface area contributed by atoms with Gasteiger partial charge in [0.1, 0.15) is 11.8 Å². The molecule has 68 valence electrons. The smallest absolute Gasteiger partial charge is 0.303 e. The Morgan fingerprint density at radius 2 is 1.36 bits per heavy atom. The van der Waals surface area contributed by atoms with Crippen molar-refractivity contribution in [2.75, 3.05) is 0 Å². The number of nitrogens with zero attached hydrogens (tertiary/aromatic N) is 4. The van der Waals surface area contributed by atoms with Gasteiger partial charge in [0.05, 0.1) is 12.1 Å². The third kappa shape index (κ3) is 1.19. The molecule has 0 aromatic heterocycles. The van der Waals surface area contributed by atoms with Crippen LogP contribution in [0.5, 0.6) is 0 Å². The van der Waals surface area contributed by atoms with Crippen LogP contribution in [-0.2, 0) is 0 Å². The minimum absolute atomic E-state index is 0.178. The molecule has 4 atom stereocenters. The molecule has 1 aliphatic rings. The number of hydrogen-bond acceptors (Lipinski definition) is 2. The lowest BCUT2D eigenvalue weighted by Crippen LogP contribution is -2.21. The van der Waals surface area contributed by atoms with Gasteiger partial charge in [-0.3, -0.25) is 0 Å². The Morgan fingerprint density at radius 1 is 1.00 bits per heavy atom. The van der Waals surface area contributed by atoms with Crippen molar-refractivity contribution in [3.8, 4) is 12.1 Å². The first-order chi connectivity index (χ1) is 6.71. The Labute approximate surface area is 83.0 Å². The Balaban J connectivity index is 3.11. The molecular formula is C10H8N4. The van der Waals surface area contributed by atoms with Gasteiger partial charge >= 0.3 is 12.1 Å². The van der Waals surface area contributed by atoms with Crippen LogP contribution in [0.25, 0.3) is 9.69 Å². The molecule has 0 heterocycles. The standard InChI is InChI=1S/C10H8N4/c1-6-7(4-11)9(13-2)10(14-3)8(6)5-12/h6-10H,1H3. The summed E-state index contributed by atoms with van der Waals surface area (Å²) >= 11 is 0. The van der Waals surface area contributed by atoms with E-state index in [0.717, 1.165) is 0 Å². The summed E-state index contributed by atoms with van der Waals surface area (Å²) in [6.45, 7) is 15.7. The van der Waals surface area contributed by atoms with Gasteiger partial charge in [0.15, 0.2) is 0 Å². The average Bonchev–Trinajstić information content (AvgIpc) is 2.48. The topological polar surface area (TPSA) is 56.3 Å². The molecule has 1 aliphatic carbocycles. The maximum Gasteiger partial charge on any atom is 0.313 e. The van der Waals surface area contributed by atoms with Gasteiger partial charge in [-0.1, -0.05) is 6.92 Å². The highest BCUT2D eigenvalue weighted by atomic mass is 14.9. The second kappa shape index (κ2) is 3.78. The first kappa shape index (κ1) is 10.0. The van der Waals surface area contributed by atoms with Gasteiger partial charge in [0.2, 0.25) is 0 Å². The average molecular weight is 184 g/mol. The lowest BCUT2D eigenvalue weighted by molar-refractivity contribution is 0.446. The molecule has 0 spiro atoms. The van der Waals surface area contributed by atoms with Gasteiger partial charge in [0, 0.05) is 5.92 Å². The fraction of sp³-hybridized carbons (Fsp3) is 0.600. The molecule has 0 saturated heterocycles. The van der Waals surface area contributed by atoms with Gasteiger partial charge in [-0.2, -0.15) is 10.5 Å². The van der Waals surface area contributed by atoms with Gasteiger partial charge in [-0.25, -0.2) is 13.1 Å². The summed E-state index contributed by atoms with van der Waals surface area (Å²) in [5.74, 6) is -1.13. The third-order valence-corrected chi connectivity index (χ3v) is 2.81. The van der Waals surface area contributed by atoms with Gasteiger partial charge < -0.3 is 9.69 Å². The van der Waals surface area contributed by atoms with Crippen molar-refractivity contribution in [1.29, 1.82) is 10.5 Å². The van der Waals surface area contributed by atoms with Crippen LogP contribution >= 0.6 is 0 Å². The van der Waals surface area contributed by atoms with Crippen molar-refractivity contribution >= 4 is 0 Å². The molecule has 0 aliphatic heterocycles. The van der Waals surface area contributed by atoms with Crippen LogP contribution in [0, 0.1) is 53.6 Å². The Kier molecular flexibility index (Phi) is 2.71.